The van der Waals surface area contributed by atoms with Gasteiger partial charge in [-0.25, -0.2) is 0 Å². The predicted molar refractivity (Wildman–Crippen MR) is 111 cm³/mol. The van der Waals surface area contributed by atoms with Gasteiger partial charge < -0.3 is 10.6 Å². The molecule has 0 heterocycles. The molecule has 0 aliphatic rings. The first-order chi connectivity index (χ1) is 11.3. The molecule has 0 bridgehead atoms. The smallest absolute Gasteiger partial charge is 0.175 e. The summed E-state index contributed by atoms with van der Waals surface area (Å²) in [6.45, 7) is 8.71. The highest BCUT2D eigenvalue weighted by atomic mass is 35.5. The highest BCUT2D eigenvalue weighted by Crippen LogP contribution is 2.33. The Morgan fingerprint density at radius 2 is 1.50 bits per heavy atom. The van der Waals surface area contributed by atoms with Gasteiger partial charge in [-0.2, -0.15) is 0 Å². The van der Waals surface area contributed by atoms with E-state index in [1.165, 1.54) is 11.1 Å². The molecule has 0 atom stereocenters. The van der Waals surface area contributed by atoms with Crippen molar-refractivity contribution < 1.29 is 0 Å². The van der Waals surface area contributed by atoms with Crippen molar-refractivity contribution in [1.29, 1.82) is 0 Å². The highest BCUT2D eigenvalue weighted by molar-refractivity contribution is 7.80. The average Bonchev–Trinajstić information content (AvgIpc) is 2.49. The third-order valence-electron chi connectivity index (χ3n) is 3.79. The molecule has 2 aromatic carbocycles. The lowest BCUT2D eigenvalue weighted by molar-refractivity contribution is 0.839. The molecule has 0 radical (unpaired) electrons. The molecule has 0 amide bonds. The summed E-state index contributed by atoms with van der Waals surface area (Å²) in [6.07, 6.45) is 0. The van der Waals surface area contributed by atoms with E-state index in [-0.39, 0.29) is 0 Å². The van der Waals surface area contributed by atoms with E-state index in [1.54, 1.807) is 12.1 Å². The first kappa shape index (κ1) is 19.0. The standard InChI is InChI=1S/C19H22Cl2N2S/c1-11(2)14-6-5-7-15(12(3)4)18(14)23-19(24)22-17-9-8-13(20)10-16(17)21/h5-12H,1-4H3,(H2,22,23,24). The van der Waals surface area contributed by atoms with Crippen molar-refractivity contribution in [3.63, 3.8) is 0 Å². The Morgan fingerprint density at radius 3 is 2.00 bits per heavy atom. The molecular formula is C19H22Cl2N2S. The van der Waals surface area contributed by atoms with E-state index in [2.05, 4.69) is 56.5 Å². The van der Waals surface area contributed by atoms with Gasteiger partial charge in [0.25, 0.3) is 0 Å². The minimum absolute atomic E-state index is 0.396. The van der Waals surface area contributed by atoms with Crippen LogP contribution in [0.15, 0.2) is 36.4 Å². The van der Waals surface area contributed by atoms with E-state index >= 15 is 0 Å². The lowest BCUT2D eigenvalue weighted by Gasteiger charge is -2.21. The van der Waals surface area contributed by atoms with Crippen molar-refractivity contribution in [2.75, 3.05) is 10.6 Å². The Bertz CT molecular complexity index is 716. The molecule has 2 nitrogen and oxygen atoms in total. The summed E-state index contributed by atoms with van der Waals surface area (Å²) in [5.74, 6) is 0.793. The van der Waals surface area contributed by atoms with Crippen LogP contribution in [0.5, 0.6) is 0 Å². The summed E-state index contributed by atoms with van der Waals surface area (Å²) < 4.78 is 0. The highest BCUT2D eigenvalue weighted by Gasteiger charge is 2.15. The third kappa shape index (κ3) is 4.62. The van der Waals surface area contributed by atoms with Crippen LogP contribution in [-0.2, 0) is 0 Å². The van der Waals surface area contributed by atoms with Crippen molar-refractivity contribution >= 4 is 51.9 Å². The molecule has 0 aromatic heterocycles. The fraction of sp³-hybridized carbons (Fsp3) is 0.316. The van der Waals surface area contributed by atoms with Gasteiger partial charge in [-0.3, -0.25) is 0 Å². The maximum absolute atomic E-state index is 6.21. The van der Waals surface area contributed by atoms with Gasteiger partial charge in [0.05, 0.1) is 10.7 Å². The summed E-state index contributed by atoms with van der Waals surface area (Å²) in [6, 6.07) is 11.7. The van der Waals surface area contributed by atoms with Gasteiger partial charge >= 0.3 is 0 Å². The molecule has 0 aliphatic carbocycles. The number of hydrogen-bond donors (Lipinski definition) is 2. The van der Waals surface area contributed by atoms with Crippen LogP contribution in [0.4, 0.5) is 11.4 Å². The average molecular weight is 381 g/mol. The van der Waals surface area contributed by atoms with Gasteiger partial charge in [0.15, 0.2) is 5.11 Å². The second kappa shape index (κ2) is 8.19. The van der Waals surface area contributed by atoms with Gasteiger partial charge in [-0.05, 0) is 53.4 Å². The molecular weight excluding hydrogens is 359 g/mol. The quantitative estimate of drug-likeness (QED) is 0.555. The van der Waals surface area contributed by atoms with E-state index in [0.29, 0.717) is 27.0 Å². The lowest BCUT2D eigenvalue weighted by atomic mass is 9.93. The van der Waals surface area contributed by atoms with Gasteiger partial charge in [0, 0.05) is 10.7 Å². The second-order valence-corrected chi connectivity index (χ2v) is 7.58. The van der Waals surface area contributed by atoms with E-state index in [1.807, 2.05) is 6.07 Å². The zero-order valence-electron chi connectivity index (χ0n) is 14.3. The van der Waals surface area contributed by atoms with E-state index in [4.69, 9.17) is 35.4 Å². The number of halogens is 2. The molecule has 0 aliphatic heterocycles. The van der Waals surface area contributed by atoms with E-state index < -0.39 is 0 Å². The van der Waals surface area contributed by atoms with Crippen molar-refractivity contribution in [2.45, 2.75) is 39.5 Å². The summed E-state index contributed by atoms with van der Waals surface area (Å²) in [5.41, 5.74) is 4.29. The van der Waals surface area contributed by atoms with Crippen molar-refractivity contribution in [3.8, 4) is 0 Å². The largest absolute Gasteiger partial charge is 0.332 e. The van der Waals surface area contributed by atoms with Crippen LogP contribution >= 0.6 is 35.4 Å². The molecule has 0 unspecified atom stereocenters. The van der Waals surface area contributed by atoms with Crippen LogP contribution in [0.3, 0.4) is 0 Å². The molecule has 0 saturated carbocycles. The summed E-state index contributed by atoms with van der Waals surface area (Å²) in [5, 5.41) is 8.15. The van der Waals surface area contributed by atoms with E-state index in [0.717, 1.165) is 11.4 Å². The van der Waals surface area contributed by atoms with Gasteiger partial charge in [-0.1, -0.05) is 69.1 Å². The second-order valence-electron chi connectivity index (χ2n) is 6.32. The fourth-order valence-electron chi connectivity index (χ4n) is 2.55. The predicted octanol–water partition coefficient (Wildman–Crippen LogP) is 7.05. The Morgan fingerprint density at radius 1 is 0.917 bits per heavy atom. The van der Waals surface area contributed by atoms with Crippen LogP contribution in [-0.4, -0.2) is 5.11 Å². The summed E-state index contributed by atoms with van der Waals surface area (Å²) >= 11 is 17.6. The maximum atomic E-state index is 6.21. The van der Waals surface area contributed by atoms with Crippen LogP contribution in [0.1, 0.15) is 50.7 Å². The van der Waals surface area contributed by atoms with Crippen LogP contribution in [0.2, 0.25) is 10.0 Å². The Hall–Kier alpha value is -1.29. The number of thiocarbonyl (C=S) groups is 1. The number of benzene rings is 2. The van der Waals surface area contributed by atoms with Gasteiger partial charge in [0.2, 0.25) is 0 Å². The van der Waals surface area contributed by atoms with Gasteiger partial charge in [-0.15, -0.1) is 0 Å². The van der Waals surface area contributed by atoms with E-state index in [9.17, 15) is 0 Å². The molecule has 5 heteroatoms. The normalized spacial score (nSPS) is 11.0. The van der Waals surface area contributed by atoms with Crippen molar-refractivity contribution in [2.24, 2.45) is 0 Å². The summed E-state index contributed by atoms with van der Waals surface area (Å²) in [4.78, 5) is 0. The zero-order chi connectivity index (χ0) is 17.9. The molecule has 2 aromatic rings. The fourth-order valence-corrected chi connectivity index (χ4v) is 3.22. The minimum Gasteiger partial charge on any atom is -0.332 e. The Labute approximate surface area is 159 Å². The van der Waals surface area contributed by atoms with Crippen LogP contribution in [0, 0.1) is 0 Å². The Kier molecular flexibility index (Phi) is 6.50. The molecule has 24 heavy (non-hydrogen) atoms. The zero-order valence-corrected chi connectivity index (χ0v) is 16.6. The number of para-hydroxylation sites is 1. The first-order valence-electron chi connectivity index (χ1n) is 7.95. The van der Waals surface area contributed by atoms with Crippen molar-refractivity contribution in [3.05, 3.63) is 57.6 Å². The molecule has 128 valence electrons. The molecule has 0 spiro atoms. The molecule has 0 saturated heterocycles. The number of rotatable bonds is 4. The Balaban J connectivity index is 2.28. The summed E-state index contributed by atoms with van der Waals surface area (Å²) in [7, 11) is 0. The van der Waals surface area contributed by atoms with Gasteiger partial charge in [0.1, 0.15) is 0 Å². The third-order valence-corrected chi connectivity index (χ3v) is 4.54. The lowest BCUT2D eigenvalue weighted by Crippen LogP contribution is -2.21. The molecule has 2 rings (SSSR count). The molecule has 0 fully saturated rings. The van der Waals surface area contributed by atoms with Crippen molar-refractivity contribution in [1.82, 2.24) is 0 Å². The topological polar surface area (TPSA) is 24.1 Å². The number of anilines is 2. The monoisotopic (exact) mass is 380 g/mol. The molecule has 2 N–H and O–H groups in total. The number of nitrogens with one attached hydrogen (secondary N) is 2. The SMILES string of the molecule is CC(C)c1cccc(C(C)C)c1NC(=S)Nc1ccc(Cl)cc1Cl. The number of hydrogen-bond acceptors (Lipinski definition) is 1. The maximum Gasteiger partial charge on any atom is 0.175 e. The minimum atomic E-state index is 0.396. The first-order valence-corrected chi connectivity index (χ1v) is 9.12. The van der Waals surface area contributed by atoms with Crippen LogP contribution in [0.25, 0.3) is 0 Å². The van der Waals surface area contributed by atoms with Crippen LogP contribution < -0.4 is 10.6 Å².